The number of nitrogens with one attached hydrogen (secondary N) is 6. The van der Waals surface area contributed by atoms with Gasteiger partial charge >= 0.3 is 18.2 Å². The minimum absolute atomic E-state index is 0. The van der Waals surface area contributed by atoms with E-state index in [-0.39, 0.29) is 79.3 Å². The summed E-state index contributed by atoms with van der Waals surface area (Å²) in [6, 6.07) is 42.2. The van der Waals surface area contributed by atoms with Crippen LogP contribution in [0.1, 0.15) is 108 Å². The normalized spacial score (nSPS) is 17.6. The van der Waals surface area contributed by atoms with Gasteiger partial charge in [-0.1, -0.05) is 107 Å². The molecule has 0 saturated carbocycles. The maximum Gasteiger partial charge on any atom is 0.411 e. The number of halogens is 6. The molecule has 2 unspecified atom stereocenters. The number of carbonyl (C=O) groups is 9. The SMILES string of the molecule is CC(C)(C)OC(=O)N1CC(=O)C1.CC(O)(C(=O)O)c1ccccc1.CN(C)C(=O)c1ccc(NC2CN(C3CN(C(=O)C(C)(O)c4ccccc4)C3)C2)cc1Cl.CN(C)C(=O)c1ccc(NC2CN(C3CN(C(=O)OC(C)(C)C)C3)C2)cc1Cl.CN(C)C(=O)c1ccc(NC2CN(C3CNC3)C2)cc1Cl.CN(C)C(=O)c1ccc(NC2CNC2)cc1Cl.Cl.Cl. The molecule has 9 N–H and O–H groups in total. The Kier molecular flexibility index (Phi) is 36.6. The van der Waals surface area contributed by atoms with Crippen LogP contribution in [0.2, 0.25) is 20.1 Å². The van der Waals surface area contributed by atoms with Crippen molar-refractivity contribution in [2.24, 2.45) is 0 Å². The van der Waals surface area contributed by atoms with Crippen LogP contribution in [0, 0.1) is 0 Å². The predicted octanol–water partition coefficient (Wildman–Crippen LogP) is 10.2. The smallest absolute Gasteiger partial charge is 0.411 e. The zero-order chi connectivity index (χ0) is 89.6. The van der Waals surface area contributed by atoms with E-state index in [1.54, 1.807) is 179 Å². The molecule has 30 nitrogen and oxygen atoms in total. The highest BCUT2D eigenvalue weighted by molar-refractivity contribution is 6.35. The molecule has 0 aliphatic carbocycles. The summed E-state index contributed by atoms with van der Waals surface area (Å²) in [6.45, 7) is 26.8. The number of anilines is 4. The number of hydrogen-bond donors (Lipinski definition) is 9. The second-order valence-corrected chi connectivity index (χ2v) is 36.4. The molecule has 6 aromatic carbocycles. The van der Waals surface area contributed by atoms with E-state index in [4.69, 9.17) is 61.0 Å². The Bertz CT molecular complexity index is 4650. The fourth-order valence-electron chi connectivity index (χ4n) is 13.6. The minimum atomic E-state index is -1.79. The number of aliphatic carboxylic acids is 1. The van der Waals surface area contributed by atoms with Crippen molar-refractivity contribution in [1.29, 1.82) is 0 Å². The highest BCUT2D eigenvalue weighted by Gasteiger charge is 2.47. The minimum Gasteiger partial charge on any atom is -0.479 e. The quantitative estimate of drug-likeness (QED) is 0.0364. The van der Waals surface area contributed by atoms with Crippen LogP contribution in [0.3, 0.4) is 0 Å². The lowest BCUT2D eigenvalue weighted by Crippen LogP contribution is -2.70. The summed E-state index contributed by atoms with van der Waals surface area (Å²) >= 11 is 24.9. The standard InChI is InChI=1S/C24H29ClN4O3.C20H29ClN4O3.C15H21ClN4O.C12H16ClN3O.C9H10O3.C8H13NO3.2ClH/c1-24(32,16-7-5-4-6-8-16)23(31)29-14-19(15-29)28-12-18(13-28)26-17-9-10-20(21(25)11-17)22(30)27(2)3;1-20(2,3)28-19(27)25-11-15(12-25)24-9-14(10-24)22-13-6-7-16(17(21)8-13)18(26)23(4)5;1-19(2)15(21)13-4-3-10(5-14(13)16)18-11-8-20(9-11)12-6-17-7-12;1-16(2)12(17)10-4-3-8(5-11(10)13)15-9-6-14-7-9;1-9(12,8(10)11)7-5-3-2-4-6-7;1-8(2,3)12-7(11)9-4-6(10)5-9;;/h4-11,18-19,26,32H,12-15H2,1-3H3;6-8,14-15,22H,9-12H2,1-5H3;3-5,11-12,17-18H,6-9H2,1-2H3;3-5,9,14-15H,6-7H2,1-2H3;2-6,12H,1H3,(H,10,11);4-5H2,1-3H3;2*1H. The van der Waals surface area contributed by atoms with Gasteiger partial charge in [-0.3, -0.25) is 48.4 Å². The van der Waals surface area contributed by atoms with Gasteiger partial charge in [0.25, 0.3) is 29.5 Å². The third-order valence-electron chi connectivity index (χ3n) is 21.3. The van der Waals surface area contributed by atoms with Crippen molar-refractivity contribution in [3.63, 3.8) is 0 Å². The highest BCUT2D eigenvalue weighted by Crippen LogP contribution is 2.34. The van der Waals surface area contributed by atoms with Crippen molar-refractivity contribution in [2.75, 3.05) is 182 Å². The lowest BCUT2D eigenvalue weighted by molar-refractivity contribution is -0.159. The molecule has 0 bridgehead atoms. The molecular formula is C88H120Cl6N16O14. The first-order chi connectivity index (χ1) is 57.2. The summed E-state index contributed by atoms with van der Waals surface area (Å²) in [4.78, 5) is 123. The van der Waals surface area contributed by atoms with Crippen LogP contribution < -0.4 is 31.9 Å². The number of carboxylic acids is 1. The first-order valence-corrected chi connectivity index (χ1v) is 42.1. The summed E-state index contributed by atoms with van der Waals surface area (Å²) < 4.78 is 10.4. The molecule has 14 rings (SSSR count). The van der Waals surface area contributed by atoms with Crippen molar-refractivity contribution in [1.82, 2.24) is 59.6 Å². The van der Waals surface area contributed by atoms with Crippen molar-refractivity contribution in [3.05, 3.63) is 187 Å². The number of likely N-dealkylation sites (tertiary alicyclic amines) is 6. The van der Waals surface area contributed by atoms with Crippen LogP contribution >= 0.6 is 71.2 Å². The van der Waals surface area contributed by atoms with E-state index in [0.29, 0.717) is 109 Å². The van der Waals surface area contributed by atoms with Crippen LogP contribution in [0.15, 0.2) is 133 Å². The number of amides is 7. The molecule has 8 saturated heterocycles. The van der Waals surface area contributed by atoms with Crippen molar-refractivity contribution in [2.45, 2.75) is 120 Å². The Morgan fingerprint density at radius 1 is 0.387 bits per heavy atom. The fourth-order valence-corrected chi connectivity index (χ4v) is 14.6. The summed E-state index contributed by atoms with van der Waals surface area (Å²) in [5.41, 5.74) is 2.57. The van der Waals surface area contributed by atoms with Crippen LogP contribution in [-0.4, -0.2) is 332 Å². The molecule has 124 heavy (non-hydrogen) atoms. The maximum atomic E-state index is 12.8. The molecule has 8 fully saturated rings. The largest absolute Gasteiger partial charge is 0.479 e. The molecule has 0 radical (unpaired) electrons. The molecular weight excluding hydrogens is 1720 g/mol. The van der Waals surface area contributed by atoms with Gasteiger partial charge in [-0.15, -0.1) is 24.8 Å². The van der Waals surface area contributed by atoms with E-state index in [9.17, 15) is 53.4 Å². The number of aliphatic hydroxyl groups is 2. The number of benzene rings is 6. The molecule has 7 amide bonds. The van der Waals surface area contributed by atoms with Gasteiger partial charge in [0.2, 0.25) is 0 Å². The maximum absolute atomic E-state index is 12.8. The van der Waals surface area contributed by atoms with E-state index in [0.717, 1.165) is 101 Å². The van der Waals surface area contributed by atoms with Gasteiger partial charge in [-0.05, 0) is 139 Å². The molecule has 8 heterocycles. The van der Waals surface area contributed by atoms with Crippen molar-refractivity contribution >= 4 is 147 Å². The molecule has 0 aromatic heterocycles. The number of carbonyl (C=O) groups excluding carboxylic acids is 8. The first-order valence-electron chi connectivity index (χ1n) is 40.6. The van der Waals surface area contributed by atoms with E-state index in [1.807, 2.05) is 69.3 Å². The van der Waals surface area contributed by atoms with E-state index in [2.05, 4.69) is 46.6 Å². The summed E-state index contributed by atoms with van der Waals surface area (Å²) in [7, 11) is 13.7. The first kappa shape index (κ1) is 102. The third-order valence-corrected chi connectivity index (χ3v) is 22.5. The Hall–Kier alpha value is -8.99. The predicted molar refractivity (Wildman–Crippen MR) is 491 cm³/mol. The summed E-state index contributed by atoms with van der Waals surface area (Å²) in [5.74, 6) is -1.78. The Morgan fingerprint density at radius 2 is 0.669 bits per heavy atom. The lowest BCUT2D eigenvalue weighted by atomic mass is 9.91. The van der Waals surface area contributed by atoms with Gasteiger partial charge in [-0.2, -0.15) is 0 Å². The lowest BCUT2D eigenvalue weighted by Gasteiger charge is -2.53. The van der Waals surface area contributed by atoms with Gasteiger partial charge in [0, 0.05) is 189 Å². The number of nitrogens with zero attached hydrogens (tertiary/aromatic N) is 10. The fraction of sp³-hybridized carbons (Fsp3) is 0.489. The van der Waals surface area contributed by atoms with Crippen LogP contribution in [0.25, 0.3) is 0 Å². The molecule has 36 heteroatoms. The van der Waals surface area contributed by atoms with Gasteiger partial charge in [0.1, 0.15) is 11.2 Å². The summed E-state index contributed by atoms with van der Waals surface area (Å²) in [5, 5.41) is 50.9. The van der Waals surface area contributed by atoms with E-state index in [1.165, 1.54) is 31.4 Å². The third kappa shape index (κ3) is 28.0. The highest BCUT2D eigenvalue weighted by atomic mass is 35.5. The van der Waals surface area contributed by atoms with Crippen LogP contribution in [0.5, 0.6) is 0 Å². The van der Waals surface area contributed by atoms with Gasteiger partial charge < -0.3 is 86.1 Å². The van der Waals surface area contributed by atoms with E-state index < -0.39 is 34.5 Å². The Labute approximate surface area is 759 Å². The molecule has 6 aromatic rings. The van der Waals surface area contributed by atoms with Crippen LogP contribution in [-0.2, 0) is 35.1 Å². The number of Topliss-reactive ketones (excluding diaryl/α,β-unsaturated/α-hetero) is 1. The number of hydrogen-bond acceptors (Lipinski definition) is 22. The van der Waals surface area contributed by atoms with E-state index >= 15 is 0 Å². The van der Waals surface area contributed by atoms with Crippen molar-refractivity contribution < 1.29 is 67.9 Å². The summed E-state index contributed by atoms with van der Waals surface area (Å²) in [6.07, 6.45) is -0.636. The van der Waals surface area contributed by atoms with Crippen molar-refractivity contribution in [3.8, 4) is 0 Å². The van der Waals surface area contributed by atoms with Gasteiger partial charge in [0.05, 0.1) is 79.6 Å². The number of carboxylic acid groups (broad SMARTS) is 1. The molecule has 2 atom stereocenters. The Morgan fingerprint density at radius 3 is 0.927 bits per heavy atom. The Balaban J connectivity index is 0.000000211. The average molecular weight is 1840 g/mol. The monoisotopic (exact) mass is 1830 g/mol. The topological polar surface area (TPSA) is 337 Å². The molecule has 8 aliphatic rings. The second-order valence-electron chi connectivity index (χ2n) is 34.7. The zero-order valence-electron chi connectivity index (χ0n) is 73.2. The second kappa shape index (κ2) is 44.4. The van der Waals surface area contributed by atoms with Gasteiger partial charge in [0.15, 0.2) is 17.0 Å². The number of rotatable bonds is 19. The molecule has 8 aliphatic heterocycles. The molecule has 0 spiro atoms. The average Bonchev–Trinajstić information content (AvgIpc) is 0.773. The number of ketones is 1. The number of ether oxygens (including phenoxy) is 2. The van der Waals surface area contributed by atoms with Crippen LogP contribution in [0.4, 0.5) is 32.3 Å². The molecule has 678 valence electrons. The zero-order valence-corrected chi connectivity index (χ0v) is 77.8. The van der Waals surface area contributed by atoms with Gasteiger partial charge in [-0.25, -0.2) is 14.4 Å².